The topological polar surface area (TPSA) is 29.1 Å². The quantitative estimate of drug-likeness (QED) is 0.876. The zero-order valence-corrected chi connectivity index (χ0v) is 12.6. The van der Waals surface area contributed by atoms with Gasteiger partial charge >= 0.3 is 0 Å². The monoisotopic (exact) mass is 315 g/mol. The molecule has 0 aromatic carbocycles. The fourth-order valence-corrected chi connectivity index (χ4v) is 3.84. The molecule has 1 heterocycles. The summed E-state index contributed by atoms with van der Waals surface area (Å²) < 4.78 is 1.01. The molecule has 1 N–H and O–H groups in total. The van der Waals surface area contributed by atoms with Gasteiger partial charge in [-0.2, -0.15) is 0 Å². The van der Waals surface area contributed by atoms with Crippen LogP contribution < -0.4 is 5.32 Å². The van der Waals surface area contributed by atoms with Gasteiger partial charge in [0.15, 0.2) is 0 Å². The molecule has 4 heteroatoms. The molecule has 2 nitrogen and oxygen atoms in total. The van der Waals surface area contributed by atoms with Gasteiger partial charge in [0.2, 0.25) is 0 Å². The lowest BCUT2D eigenvalue weighted by atomic mass is 9.80. The van der Waals surface area contributed by atoms with Crippen LogP contribution in [0.2, 0.25) is 0 Å². The standard InChI is InChI=1S/C13H18BrNOS/c1-8-3-4-10(9(2)7-8)15-13(16)11-5-6-12(14)17-11/h5-6,8-10H,3-4,7H2,1-2H3,(H,15,16). The average Bonchev–Trinajstić information content (AvgIpc) is 2.69. The van der Waals surface area contributed by atoms with Crippen LogP contribution in [-0.2, 0) is 0 Å². The Morgan fingerprint density at radius 2 is 2.18 bits per heavy atom. The SMILES string of the molecule is CC1CCC(NC(=O)c2ccc(Br)s2)C(C)C1. The first-order valence-corrected chi connectivity index (χ1v) is 7.73. The molecule has 1 aliphatic rings. The number of amides is 1. The van der Waals surface area contributed by atoms with E-state index in [4.69, 9.17) is 0 Å². The summed E-state index contributed by atoms with van der Waals surface area (Å²) in [7, 11) is 0. The second-order valence-electron chi connectivity index (χ2n) is 5.08. The highest BCUT2D eigenvalue weighted by Gasteiger charge is 2.26. The maximum atomic E-state index is 12.0. The highest BCUT2D eigenvalue weighted by Crippen LogP contribution is 2.29. The summed E-state index contributed by atoms with van der Waals surface area (Å²) in [5, 5.41) is 3.17. The Morgan fingerprint density at radius 3 is 2.76 bits per heavy atom. The first kappa shape index (κ1) is 13.1. The van der Waals surface area contributed by atoms with Gasteiger partial charge in [-0.15, -0.1) is 11.3 Å². The van der Waals surface area contributed by atoms with Crippen molar-refractivity contribution in [2.24, 2.45) is 11.8 Å². The normalized spacial score (nSPS) is 29.0. The van der Waals surface area contributed by atoms with Crippen molar-refractivity contribution in [2.45, 2.75) is 39.2 Å². The molecule has 0 saturated heterocycles. The van der Waals surface area contributed by atoms with Gasteiger partial charge in [0.05, 0.1) is 8.66 Å². The van der Waals surface area contributed by atoms with Gasteiger partial charge < -0.3 is 5.32 Å². The molecular weight excluding hydrogens is 298 g/mol. The molecule has 1 fully saturated rings. The minimum atomic E-state index is 0.0760. The number of hydrogen-bond donors (Lipinski definition) is 1. The largest absolute Gasteiger partial charge is 0.348 e. The fraction of sp³-hybridized carbons (Fsp3) is 0.615. The van der Waals surface area contributed by atoms with Crippen LogP contribution in [0.15, 0.2) is 15.9 Å². The molecule has 17 heavy (non-hydrogen) atoms. The molecule has 94 valence electrons. The highest BCUT2D eigenvalue weighted by atomic mass is 79.9. The van der Waals surface area contributed by atoms with Crippen molar-refractivity contribution < 1.29 is 4.79 Å². The molecular formula is C13H18BrNOS. The van der Waals surface area contributed by atoms with E-state index in [1.807, 2.05) is 12.1 Å². The van der Waals surface area contributed by atoms with E-state index in [9.17, 15) is 4.79 Å². The summed E-state index contributed by atoms with van der Waals surface area (Å²) in [6.45, 7) is 4.54. The number of halogens is 1. The van der Waals surface area contributed by atoms with Crippen molar-refractivity contribution in [3.8, 4) is 0 Å². The van der Waals surface area contributed by atoms with E-state index in [0.717, 1.165) is 21.0 Å². The average molecular weight is 316 g/mol. The molecule has 3 atom stereocenters. The molecule has 1 saturated carbocycles. The number of thiophene rings is 1. The summed E-state index contributed by atoms with van der Waals surface area (Å²) in [5.74, 6) is 1.47. The van der Waals surface area contributed by atoms with Crippen LogP contribution >= 0.6 is 27.3 Å². The van der Waals surface area contributed by atoms with Gasteiger partial charge in [0.25, 0.3) is 5.91 Å². The number of carbonyl (C=O) groups is 1. The molecule has 2 rings (SSSR count). The molecule has 1 amide bonds. The summed E-state index contributed by atoms with van der Waals surface area (Å²) >= 11 is 4.87. The lowest BCUT2D eigenvalue weighted by Crippen LogP contribution is -2.42. The van der Waals surface area contributed by atoms with E-state index in [1.165, 1.54) is 24.2 Å². The second kappa shape index (κ2) is 5.53. The van der Waals surface area contributed by atoms with Crippen molar-refractivity contribution >= 4 is 33.2 Å². The van der Waals surface area contributed by atoms with E-state index in [1.54, 1.807) is 0 Å². The predicted molar refractivity (Wildman–Crippen MR) is 75.5 cm³/mol. The maximum absolute atomic E-state index is 12.0. The molecule has 0 spiro atoms. The summed E-state index contributed by atoms with van der Waals surface area (Å²) in [6.07, 6.45) is 3.56. The van der Waals surface area contributed by atoms with Crippen LogP contribution in [0.25, 0.3) is 0 Å². The third-order valence-electron chi connectivity index (χ3n) is 3.54. The van der Waals surface area contributed by atoms with Crippen LogP contribution in [0.5, 0.6) is 0 Å². The number of rotatable bonds is 2. The summed E-state index contributed by atoms with van der Waals surface area (Å²) in [4.78, 5) is 12.8. The smallest absolute Gasteiger partial charge is 0.261 e. The third kappa shape index (κ3) is 3.32. The highest BCUT2D eigenvalue weighted by molar-refractivity contribution is 9.11. The molecule has 0 radical (unpaired) electrons. The molecule has 1 aromatic heterocycles. The van der Waals surface area contributed by atoms with Gasteiger partial charge in [-0.05, 0) is 59.2 Å². The molecule has 1 aromatic rings. The van der Waals surface area contributed by atoms with Gasteiger partial charge in [-0.25, -0.2) is 0 Å². The zero-order chi connectivity index (χ0) is 12.4. The van der Waals surface area contributed by atoms with Crippen molar-refractivity contribution in [1.82, 2.24) is 5.32 Å². The van der Waals surface area contributed by atoms with Gasteiger partial charge in [0.1, 0.15) is 0 Å². The number of nitrogens with one attached hydrogen (secondary N) is 1. The Kier molecular flexibility index (Phi) is 4.26. The maximum Gasteiger partial charge on any atom is 0.261 e. The van der Waals surface area contributed by atoms with Crippen LogP contribution in [0.4, 0.5) is 0 Å². The van der Waals surface area contributed by atoms with Crippen LogP contribution in [0, 0.1) is 11.8 Å². The van der Waals surface area contributed by atoms with E-state index in [-0.39, 0.29) is 5.91 Å². The van der Waals surface area contributed by atoms with Gasteiger partial charge in [-0.3, -0.25) is 4.79 Å². The summed E-state index contributed by atoms with van der Waals surface area (Å²) in [5.41, 5.74) is 0. The Morgan fingerprint density at radius 1 is 1.41 bits per heavy atom. The van der Waals surface area contributed by atoms with Crippen LogP contribution in [-0.4, -0.2) is 11.9 Å². The number of carbonyl (C=O) groups excluding carboxylic acids is 1. The first-order valence-electron chi connectivity index (χ1n) is 6.12. The third-order valence-corrected chi connectivity index (χ3v) is 5.17. The first-order chi connectivity index (χ1) is 8.06. The lowest BCUT2D eigenvalue weighted by molar-refractivity contribution is 0.0904. The minimum absolute atomic E-state index is 0.0760. The van der Waals surface area contributed by atoms with Crippen molar-refractivity contribution in [3.05, 3.63) is 20.8 Å². The predicted octanol–water partition coefficient (Wildman–Crippen LogP) is 4.07. The van der Waals surface area contributed by atoms with E-state index >= 15 is 0 Å². The summed E-state index contributed by atoms with van der Waals surface area (Å²) in [6, 6.07) is 4.14. The Hall–Kier alpha value is -0.350. The zero-order valence-electron chi connectivity index (χ0n) is 10.2. The van der Waals surface area contributed by atoms with Crippen molar-refractivity contribution in [1.29, 1.82) is 0 Å². The van der Waals surface area contributed by atoms with E-state index in [0.29, 0.717) is 12.0 Å². The van der Waals surface area contributed by atoms with E-state index in [2.05, 4.69) is 35.1 Å². The Balaban J connectivity index is 1.95. The van der Waals surface area contributed by atoms with Gasteiger partial charge in [-0.1, -0.05) is 13.8 Å². The Labute approximate surface area is 115 Å². The van der Waals surface area contributed by atoms with E-state index < -0.39 is 0 Å². The molecule has 0 bridgehead atoms. The van der Waals surface area contributed by atoms with Crippen molar-refractivity contribution in [2.75, 3.05) is 0 Å². The fourth-order valence-electron chi connectivity index (χ4n) is 2.56. The van der Waals surface area contributed by atoms with Crippen molar-refractivity contribution in [3.63, 3.8) is 0 Å². The Bertz CT molecular complexity index is 404. The van der Waals surface area contributed by atoms with Gasteiger partial charge in [0, 0.05) is 6.04 Å². The minimum Gasteiger partial charge on any atom is -0.348 e. The molecule has 1 aliphatic carbocycles. The van der Waals surface area contributed by atoms with Crippen LogP contribution in [0.1, 0.15) is 42.8 Å². The molecule has 3 unspecified atom stereocenters. The van der Waals surface area contributed by atoms with Crippen LogP contribution in [0.3, 0.4) is 0 Å². The number of hydrogen-bond acceptors (Lipinski definition) is 2. The second-order valence-corrected chi connectivity index (χ2v) is 7.54. The lowest BCUT2D eigenvalue weighted by Gasteiger charge is -2.33. The molecule has 0 aliphatic heterocycles.